The molecule has 1 fully saturated rings. The van der Waals surface area contributed by atoms with E-state index in [0.29, 0.717) is 24.5 Å². The van der Waals surface area contributed by atoms with Crippen molar-refractivity contribution in [3.05, 3.63) is 71.6 Å². The standard InChI is InChI=1S/C27H31N3O3/c1-19-8-6-9-20(16-19)17-30-25(31)23-14-13-22(24-12-7-15-33-24)29(23)18-27(30,2)26(32)28-21-10-4-3-5-11-21/h6-9,12-16,21H,3-5,10-11,17-18H2,1-2H3,(H,28,32)/t27-/m1/s1. The first-order chi connectivity index (χ1) is 16.0. The van der Waals surface area contributed by atoms with Crippen molar-refractivity contribution in [3.63, 3.8) is 0 Å². The molecule has 1 atom stereocenters. The molecule has 3 aromatic rings. The van der Waals surface area contributed by atoms with E-state index in [9.17, 15) is 9.59 Å². The van der Waals surface area contributed by atoms with Gasteiger partial charge >= 0.3 is 0 Å². The fraction of sp³-hybridized carbons (Fsp3) is 0.407. The molecule has 6 nitrogen and oxygen atoms in total. The SMILES string of the molecule is Cc1cccc(CN2C(=O)c3ccc(-c4ccco4)n3C[C@]2(C)C(=O)NC2CCCCC2)c1. The molecule has 3 heterocycles. The van der Waals surface area contributed by atoms with Crippen LogP contribution in [0.15, 0.2) is 59.2 Å². The van der Waals surface area contributed by atoms with E-state index in [1.54, 1.807) is 11.2 Å². The summed E-state index contributed by atoms with van der Waals surface area (Å²) in [4.78, 5) is 29.3. The molecule has 0 unspecified atom stereocenters. The minimum absolute atomic E-state index is 0.0832. The Bertz CT molecular complexity index is 1160. The number of nitrogens with one attached hydrogen (secondary N) is 1. The summed E-state index contributed by atoms with van der Waals surface area (Å²) in [6, 6.07) is 15.8. The normalized spacial score (nSPS) is 21.2. The number of fused-ring (bicyclic) bond motifs is 1. The van der Waals surface area contributed by atoms with Crippen LogP contribution in [0, 0.1) is 6.92 Å². The summed E-state index contributed by atoms with van der Waals surface area (Å²) < 4.78 is 7.56. The number of rotatable bonds is 5. The summed E-state index contributed by atoms with van der Waals surface area (Å²) in [7, 11) is 0. The molecule has 0 bridgehead atoms. The van der Waals surface area contributed by atoms with E-state index in [-0.39, 0.29) is 17.9 Å². The molecule has 33 heavy (non-hydrogen) atoms. The van der Waals surface area contributed by atoms with Gasteiger partial charge in [0.25, 0.3) is 5.91 Å². The highest BCUT2D eigenvalue weighted by Crippen LogP contribution is 2.34. The van der Waals surface area contributed by atoms with Crippen molar-refractivity contribution in [2.24, 2.45) is 0 Å². The van der Waals surface area contributed by atoms with Gasteiger partial charge in [0.2, 0.25) is 5.91 Å². The first-order valence-electron chi connectivity index (χ1n) is 11.9. The lowest BCUT2D eigenvalue weighted by Gasteiger charge is -2.45. The molecule has 172 valence electrons. The third-order valence-corrected chi connectivity index (χ3v) is 7.13. The maximum absolute atomic E-state index is 13.8. The first kappa shape index (κ1) is 21.6. The van der Waals surface area contributed by atoms with Crippen LogP contribution >= 0.6 is 0 Å². The van der Waals surface area contributed by atoms with Gasteiger partial charge in [0.05, 0.1) is 18.5 Å². The predicted molar refractivity (Wildman–Crippen MR) is 127 cm³/mol. The highest BCUT2D eigenvalue weighted by Gasteiger charge is 2.48. The second kappa shape index (κ2) is 8.58. The molecular weight excluding hydrogens is 414 g/mol. The van der Waals surface area contributed by atoms with Gasteiger partial charge in [-0.3, -0.25) is 9.59 Å². The van der Waals surface area contributed by atoms with E-state index in [2.05, 4.69) is 11.4 Å². The summed E-state index contributed by atoms with van der Waals surface area (Å²) in [5.74, 6) is 0.471. The largest absolute Gasteiger partial charge is 0.463 e. The van der Waals surface area contributed by atoms with E-state index in [0.717, 1.165) is 42.5 Å². The van der Waals surface area contributed by atoms with Gasteiger partial charge in [-0.05, 0) is 56.5 Å². The number of aromatic nitrogens is 1. The average molecular weight is 446 g/mol. The maximum atomic E-state index is 13.8. The van der Waals surface area contributed by atoms with Crippen LogP contribution in [-0.4, -0.2) is 32.9 Å². The molecular formula is C27H31N3O3. The molecule has 1 N–H and O–H groups in total. The number of hydrogen-bond acceptors (Lipinski definition) is 3. The monoisotopic (exact) mass is 445 g/mol. The average Bonchev–Trinajstić information content (AvgIpc) is 3.47. The zero-order valence-corrected chi connectivity index (χ0v) is 19.3. The highest BCUT2D eigenvalue weighted by atomic mass is 16.3. The second-order valence-electron chi connectivity index (χ2n) is 9.63. The lowest BCUT2D eigenvalue weighted by atomic mass is 9.91. The molecule has 1 aliphatic heterocycles. The van der Waals surface area contributed by atoms with Crippen LogP contribution in [0.3, 0.4) is 0 Å². The number of carbonyl (C=O) groups excluding carboxylic acids is 2. The van der Waals surface area contributed by atoms with Gasteiger partial charge in [-0.1, -0.05) is 49.1 Å². The molecule has 2 aromatic heterocycles. The molecule has 1 aliphatic carbocycles. The lowest BCUT2D eigenvalue weighted by Crippen LogP contribution is -2.64. The number of benzene rings is 1. The lowest BCUT2D eigenvalue weighted by molar-refractivity contribution is -0.134. The van der Waals surface area contributed by atoms with Crippen LogP contribution in [0.5, 0.6) is 0 Å². The first-order valence-corrected chi connectivity index (χ1v) is 11.9. The van der Waals surface area contributed by atoms with Crippen LogP contribution < -0.4 is 5.32 Å². The van der Waals surface area contributed by atoms with Gasteiger partial charge in [0.1, 0.15) is 17.0 Å². The third-order valence-electron chi connectivity index (χ3n) is 7.13. The van der Waals surface area contributed by atoms with Crippen molar-refractivity contribution < 1.29 is 14.0 Å². The molecule has 1 aromatic carbocycles. The predicted octanol–water partition coefficient (Wildman–Crippen LogP) is 4.92. The number of amides is 2. The molecule has 6 heteroatoms. The van der Waals surface area contributed by atoms with Crippen molar-refractivity contribution >= 4 is 11.8 Å². The van der Waals surface area contributed by atoms with E-state index in [1.165, 1.54) is 6.42 Å². The van der Waals surface area contributed by atoms with Gasteiger partial charge in [-0.15, -0.1) is 0 Å². The highest BCUT2D eigenvalue weighted by molar-refractivity contribution is 6.00. The topological polar surface area (TPSA) is 67.5 Å². The zero-order chi connectivity index (χ0) is 23.0. The van der Waals surface area contributed by atoms with Gasteiger partial charge in [-0.2, -0.15) is 0 Å². The van der Waals surface area contributed by atoms with Gasteiger partial charge in [0.15, 0.2) is 0 Å². The third kappa shape index (κ3) is 3.99. The second-order valence-corrected chi connectivity index (χ2v) is 9.63. The Morgan fingerprint density at radius 1 is 1.09 bits per heavy atom. The Kier molecular flexibility index (Phi) is 5.60. The fourth-order valence-electron chi connectivity index (χ4n) is 5.24. The number of aryl methyl sites for hydroxylation is 1. The number of hydrogen-bond donors (Lipinski definition) is 1. The number of carbonyl (C=O) groups is 2. The van der Waals surface area contributed by atoms with E-state index < -0.39 is 5.54 Å². The van der Waals surface area contributed by atoms with Crippen molar-refractivity contribution in [2.45, 2.75) is 70.6 Å². The summed E-state index contributed by atoms with van der Waals surface area (Å²) in [5, 5.41) is 3.28. The van der Waals surface area contributed by atoms with Gasteiger partial charge < -0.3 is 19.2 Å². The van der Waals surface area contributed by atoms with Crippen molar-refractivity contribution in [2.75, 3.05) is 0 Å². The smallest absolute Gasteiger partial charge is 0.271 e. The van der Waals surface area contributed by atoms with Crippen molar-refractivity contribution in [3.8, 4) is 11.5 Å². The Morgan fingerprint density at radius 3 is 2.61 bits per heavy atom. The molecule has 0 saturated heterocycles. The molecule has 5 rings (SSSR count). The van der Waals surface area contributed by atoms with Crippen molar-refractivity contribution in [1.29, 1.82) is 0 Å². The quantitative estimate of drug-likeness (QED) is 0.606. The van der Waals surface area contributed by atoms with Crippen LogP contribution in [0.4, 0.5) is 0 Å². The van der Waals surface area contributed by atoms with Crippen molar-refractivity contribution in [1.82, 2.24) is 14.8 Å². The van der Waals surface area contributed by atoms with Crippen LogP contribution in [-0.2, 0) is 17.9 Å². The van der Waals surface area contributed by atoms with Gasteiger partial charge in [-0.25, -0.2) is 0 Å². The van der Waals surface area contributed by atoms with Crippen LogP contribution in [0.1, 0.15) is 60.6 Å². The Labute approximate surface area is 194 Å². The number of nitrogens with zero attached hydrogens (tertiary/aromatic N) is 2. The molecule has 2 aliphatic rings. The summed E-state index contributed by atoms with van der Waals surface area (Å²) >= 11 is 0. The van der Waals surface area contributed by atoms with E-state index >= 15 is 0 Å². The Hall–Kier alpha value is -3.28. The fourth-order valence-corrected chi connectivity index (χ4v) is 5.24. The molecule has 1 saturated carbocycles. The summed E-state index contributed by atoms with van der Waals surface area (Å²) in [5.41, 5.74) is 2.53. The molecule has 2 amide bonds. The Balaban J connectivity index is 1.53. The summed E-state index contributed by atoms with van der Waals surface area (Å²) in [6.07, 6.45) is 7.12. The number of furan rings is 1. The van der Waals surface area contributed by atoms with Gasteiger partial charge in [0, 0.05) is 12.6 Å². The minimum Gasteiger partial charge on any atom is -0.463 e. The zero-order valence-electron chi connectivity index (χ0n) is 19.3. The van der Waals surface area contributed by atoms with E-state index in [1.807, 2.05) is 60.9 Å². The van der Waals surface area contributed by atoms with Crippen LogP contribution in [0.25, 0.3) is 11.5 Å². The minimum atomic E-state index is -1.02. The maximum Gasteiger partial charge on any atom is 0.271 e. The molecule has 0 spiro atoms. The van der Waals surface area contributed by atoms with E-state index in [4.69, 9.17) is 4.42 Å². The van der Waals surface area contributed by atoms with Crippen LogP contribution in [0.2, 0.25) is 0 Å². The molecule has 0 radical (unpaired) electrons. The summed E-state index contributed by atoms with van der Waals surface area (Å²) in [6.45, 7) is 4.70. The Morgan fingerprint density at radius 2 is 1.88 bits per heavy atom.